The summed E-state index contributed by atoms with van der Waals surface area (Å²) in [5.41, 5.74) is 5.84. The fourth-order valence-corrected chi connectivity index (χ4v) is 2.90. The van der Waals surface area contributed by atoms with E-state index in [2.05, 4.69) is 18.8 Å². The highest BCUT2D eigenvalue weighted by atomic mass is 32.2. The highest BCUT2D eigenvalue weighted by molar-refractivity contribution is 7.99. The molecule has 0 bridgehead atoms. The summed E-state index contributed by atoms with van der Waals surface area (Å²) >= 11 is 2.30. The van der Waals surface area contributed by atoms with Crippen LogP contribution in [0.3, 0.4) is 0 Å². The number of hydrogen-bond acceptors (Lipinski definition) is 4. The summed E-state index contributed by atoms with van der Waals surface area (Å²) in [4.78, 5) is 3.85. The Morgan fingerprint density at radius 1 is 1.53 bits per heavy atom. The summed E-state index contributed by atoms with van der Waals surface area (Å²) in [5.74, 6) is 0.620. The Morgan fingerprint density at radius 2 is 2.18 bits per heavy atom. The first-order valence-corrected chi connectivity index (χ1v) is 7.11. The SMILES string of the molecule is CCC(C)SCC(N)c1cnc(C(F)(F)F)s1. The number of nitrogens with two attached hydrogens (primary N) is 1. The van der Waals surface area contributed by atoms with Crippen LogP contribution in [0.4, 0.5) is 13.2 Å². The van der Waals surface area contributed by atoms with Gasteiger partial charge in [0.2, 0.25) is 0 Å². The molecule has 1 rings (SSSR count). The van der Waals surface area contributed by atoms with Crippen molar-refractivity contribution in [3.05, 3.63) is 16.1 Å². The van der Waals surface area contributed by atoms with E-state index >= 15 is 0 Å². The molecule has 0 saturated carbocycles. The van der Waals surface area contributed by atoms with Gasteiger partial charge in [0.05, 0.1) is 0 Å². The van der Waals surface area contributed by atoms with Gasteiger partial charge in [0, 0.05) is 28.1 Å². The Balaban J connectivity index is 2.58. The molecule has 7 heteroatoms. The average molecular weight is 284 g/mol. The third kappa shape index (κ3) is 4.48. The first kappa shape index (κ1) is 14.8. The summed E-state index contributed by atoms with van der Waals surface area (Å²) in [6.07, 6.45) is -2.12. The summed E-state index contributed by atoms with van der Waals surface area (Å²) in [6, 6.07) is -0.373. The second-order valence-electron chi connectivity index (χ2n) is 3.72. The predicted molar refractivity (Wildman–Crippen MR) is 66.3 cm³/mol. The van der Waals surface area contributed by atoms with Crippen LogP contribution in [0, 0.1) is 0 Å². The van der Waals surface area contributed by atoms with Crippen LogP contribution in [-0.2, 0) is 6.18 Å². The van der Waals surface area contributed by atoms with Crippen LogP contribution in [0.25, 0.3) is 0 Å². The molecule has 0 aliphatic heterocycles. The number of halogens is 3. The molecule has 17 heavy (non-hydrogen) atoms. The first-order valence-electron chi connectivity index (χ1n) is 5.24. The molecule has 0 aliphatic rings. The third-order valence-electron chi connectivity index (χ3n) is 2.27. The van der Waals surface area contributed by atoms with Gasteiger partial charge in [-0.15, -0.1) is 11.3 Å². The number of rotatable bonds is 5. The Kier molecular flexibility index (Phi) is 5.27. The molecule has 0 saturated heterocycles. The molecule has 1 aromatic rings. The molecule has 2 unspecified atom stereocenters. The molecular formula is C10H15F3N2S2. The number of alkyl halides is 3. The Bertz CT molecular complexity index is 352. The summed E-state index contributed by atoms with van der Waals surface area (Å²) in [6.45, 7) is 4.14. The van der Waals surface area contributed by atoms with Gasteiger partial charge in [0.15, 0.2) is 5.01 Å². The normalized spacial score (nSPS) is 15.9. The van der Waals surface area contributed by atoms with E-state index in [0.717, 1.165) is 6.42 Å². The monoisotopic (exact) mass is 284 g/mol. The lowest BCUT2D eigenvalue weighted by Gasteiger charge is -2.12. The van der Waals surface area contributed by atoms with Crippen molar-refractivity contribution in [1.29, 1.82) is 0 Å². The molecule has 0 fully saturated rings. The van der Waals surface area contributed by atoms with Gasteiger partial charge < -0.3 is 5.73 Å². The minimum absolute atomic E-state index is 0.373. The molecular weight excluding hydrogens is 269 g/mol. The lowest BCUT2D eigenvalue weighted by molar-refractivity contribution is -0.137. The van der Waals surface area contributed by atoms with Crippen molar-refractivity contribution in [2.75, 3.05) is 5.75 Å². The van der Waals surface area contributed by atoms with E-state index in [-0.39, 0.29) is 6.04 Å². The highest BCUT2D eigenvalue weighted by Gasteiger charge is 2.35. The van der Waals surface area contributed by atoms with E-state index in [9.17, 15) is 13.2 Å². The van der Waals surface area contributed by atoms with Gasteiger partial charge >= 0.3 is 6.18 Å². The summed E-state index contributed by atoms with van der Waals surface area (Å²) < 4.78 is 37.0. The van der Waals surface area contributed by atoms with Crippen molar-refractivity contribution in [3.63, 3.8) is 0 Å². The fraction of sp³-hybridized carbons (Fsp3) is 0.700. The molecule has 2 atom stereocenters. The summed E-state index contributed by atoms with van der Waals surface area (Å²) in [5, 5.41) is -0.354. The van der Waals surface area contributed by atoms with Gasteiger partial charge in [-0.1, -0.05) is 13.8 Å². The number of hydrogen-bond donors (Lipinski definition) is 1. The average Bonchev–Trinajstić information content (AvgIpc) is 2.74. The molecule has 0 spiro atoms. The predicted octanol–water partition coefficient (Wildman–Crippen LogP) is 3.69. The second-order valence-corrected chi connectivity index (χ2v) is 6.26. The van der Waals surface area contributed by atoms with Crippen molar-refractivity contribution in [2.24, 2.45) is 5.73 Å². The smallest absolute Gasteiger partial charge is 0.323 e. The maximum absolute atomic E-state index is 12.3. The molecule has 1 heterocycles. The van der Waals surface area contributed by atoms with E-state index in [0.29, 0.717) is 27.2 Å². The van der Waals surface area contributed by atoms with Crippen LogP contribution < -0.4 is 5.73 Å². The van der Waals surface area contributed by atoms with Gasteiger partial charge in [0.25, 0.3) is 0 Å². The Labute approximate surface area is 107 Å². The molecule has 0 aliphatic carbocycles. The maximum Gasteiger partial charge on any atom is 0.443 e. The van der Waals surface area contributed by atoms with Gasteiger partial charge in [0.1, 0.15) is 0 Å². The number of nitrogens with zero attached hydrogens (tertiary/aromatic N) is 1. The summed E-state index contributed by atoms with van der Waals surface area (Å²) in [7, 11) is 0. The van der Waals surface area contributed by atoms with Gasteiger partial charge in [-0.3, -0.25) is 0 Å². The molecule has 0 aromatic carbocycles. The van der Waals surface area contributed by atoms with Crippen molar-refractivity contribution >= 4 is 23.1 Å². The molecule has 0 radical (unpaired) electrons. The van der Waals surface area contributed by atoms with Crippen molar-refractivity contribution in [2.45, 2.75) is 37.7 Å². The van der Waals surface area contributed by atoms with Crippen molar-refractivity contribution in [3.8, 4) is 0 Å². The Hall–Kier alpha value is -0.270. The van der Waals surface area contributed by atoms with E-state index in [1.807, 2.05) is 0 Å². The van der Waals surface area contributed by atoms with Crippen LogP contribution in [-0.4, -0.2) is 16.0 Å². The maximum atomic E-state index is 12.3. The van der Waals surface area contributed by atoms with Crippen molar-refractivity contribution < 1.29 is 13.2 Å². The van der Waals surface area contributed by atoms with E-state index in [4.69, 9.17) is 5.73 Å². The zero-order valence-electron chi connectivity index (χ0n) is 9.62. The molecule has 2 nitrogen and oxygen atoms in total. The Morgan fingerprint density at radius 3 is 2.65 bits per heavy atom. The van der Waals surface area contributed by atoms with Crippen LogP contribution in [0.1, 0.15) is 36.2 Å². The minimum atomic E-state index is -4.37. The van der Waals surface area contributed by atoms with Gasteiger partial charge in [-0.05, 0) is 6.42 Å². The van der Waals surface area contributed by atoms with Crippen LogP contribution in [0.5, 0.6) is 0 Å². The van der Waals surface area contributed by atoms with Gasteiger partial charge in [-0.25, -0.2) is 4.98 Å². The minimum Gasteiger partial charge on any atom is -0.323 e. The van der Waals surface area contributed by atoms with Crippen LogP contribution in [0.15, 0.2) is 6.20 Å². The number of thioether (sulfide) groups is 1. The first-order chi connectivity index (χ1) is 7.84. The fourth-order valence-electron chi connectivity index (χ4n) is 1.06. The van der Waals surface area contributed by atoms with Gasteiger partial charge in [-0.2, -0.15) is 24.9 Å². The zero-order valence-corrected chi connectivity index (χ0v) is 11.3. The van der Waals surface area contributed by atoms with Crippen LogP contribution in [0.2, 0.25) is 0 Å². The second kappa shape index (κ2) is 6.06. The third-order valence-corrected chi connectivity index (χ3v) is 4.89. The largest absolute Gasteiger partial charge is 0.443 e. The standard InChI is InChI=1S/C10H15F3N2S2/c1-3-6(2)16-5-7(14)8-4-15-9(17-8)10(11,12)13/h4,6-7H,3,5,14H2,1-2H3. The number of aromatic nitrogens is 1. The topological polar surface area (TPSA) is 38.9 Å². The molecule has 1 aromatic heterocycles. The quantitative estimate of drug-likeness (QED) is 0.896. The van der Waals surface area contributed by atoms with E-state index < -0.39 is 11.2 Å². The lowest BCUT2D eigenvalue weighted by atomic mass is 10.3. The molecule has 0 amide bonds. The van der Waals surface area contributed by atoms with Crippen LogP contribution >= 0.6 is 23.1 Å². The highest BCUT2D eigenvalue weighted by Crippen LogP contribution is 2.34. The molecule has 2 N–H and O–H groups in total. The lowest BCUT2D eigenvalue weighted by Crippen LogP contribution is -2.13. The van der Waals surface area contributed by atoms with Crippen molar-refractivity contribution in [1.82, 2.24) is 4.98 Å². The number of thiazole rings is 1. The zero-order chi connectivity index (χ0) is 13.1. The molecule has 98 valence electrons. The van der Waals surface area contributed by atoms with E-state index in [1.165, 1.54) is 6.20 Å². The van der Waals surface area contributed by atoms with E-state index in [1.54, 1.807) is 11.8 Å².